The first-order chi connectivity index (χ1) is 17.2. The number of aryl methyl sites for hydroxylation is 1. The van der Waals surface area contributed by atoms with Crippen LogP contribution in [0.4, 0.5) is 11.4 Å². The maximum Gasteiger partial charge on any atom is 0.241 e. The van der Waals surface area contributed by atoms with Crippen LogP contribution in [0.15, 0.2) is 102 Å². The number of para-hydroxylation sites is 2. The number of hydrogen-bond acceptors (Lipinski definition) is 4. The molecule has 1 aliphatic carbocycles. The van der Waals surface area contributed by atoms with E-state index in [1.807, 2.05) is 72.8 Å². The monoisotopic (exact) mass is 475 g/mol. The highest BCUT2D eigenvalue weighted by molar-refractivity contribution is 8.00. The van der Waals surface area contributed by atoms with Crippen LogP contribution in [-0.4, -0.2) is 16.6 Å². The molecule has 1 amide bonds. The van der Waals surface area contributed by atoms with Gasteiger partial charge in [-0.05, 0) is 66.6 Å². The van der Waals surface area contributed by atoms with Crippen LogP contribution in [0.3, 0.4) is 0 Å². The zero-order valence-electron chi connectivity index (χ0n) is 19.3. The Morgan fingerprint density at radius 1 is 0.943 bits per heavy atom. The standard InChI is InChI=1S/C30H25N3OS/c31-20-25-19-24-18-23(22-10-4-1-5-11-22)16-17-28(24)32-30(25)35-21-29(34)33(26-12-6-2-7-13-26)27-14-8-3-9-15-27/h1-15,19,23H,16-18,21H2. The van der Waals surface area contributed by atoms with Crippen molar-refractivity contribution in [1.29, 1.82) is 5.26 Å². The molecule has 0 saturated carbocycles. The van der Waals surface area contributed by atoms with E-state index in [2.05, 4.69) is 30.3 Å². The fraction of sp³-hybridized carbons (Fsp3) is 0.167. The lowest BCUT2D eigenvalue weighted by molar-refractivity contribution is -0.115. The number of hydrogen-bond donors (Lipinski definition) is 0. The van der Waals surface area contributed by atoms with Gasteiger partial charge in [0.15, 0.2) is 0 Å². The van der Waals surface area contributed by atoms with E-state index in [1.165, 1.54) is 17.3 Å². The van der Waals surface area contributed by atoms with E-state index in [-0.39, 0.29) is 11.7 Å². The molecule has 1 aromatic heterocycles. The number of benzene rings is 3. The molecule has 4 aromatic rings. The second kappa shape index (κ2) is 10.6. The molecule has 5 rings (SSSR count). The summed E-state index contributed by atoms with van der Waals surface area (Å²) in [4.78, 5) is 20.0. The molecular formula is C30H25N3OS. The molecule has 1 atom stereocenters. The summed E-state index contributed by atoms with van der Waals surface area (Å²) in [7, 11) is 0. The van der Waals surface area contributed by atoms with Crippen LogP contribution in [0, 0.1) is 11.3 Å². The Morgan fingerprint density at radius 2 is 1.54 bits per heavy atom. The molecule has 172 valence electrons. The molecule has 0 spiro atoms. The van der Waals surface area contributed by atoms with Crippen molar-refractivity contribution in [3.05, 3.63) is 119 Å². The number of carbonyl (C=O) groups excluding carboxylic acids is 1. The van der Waals surface area contributed by atoms with E-state index in [1.54, 1.807) is 4.90 Å². The van der Waals surface area contributed by atoms with Crippen molar-refractivity contribution >= 4 is 29.0 Å². The normalized spacial score (nSPS) is 14.5. The summed E-state index contributed by atoms with van der Waals surface area (Å²) in [6.07, 6.45) is 2.80. The van der Waals surface area contributed by atoms with Gasteiger partial charge in [-0.2, -0.15) is 5.26 Å². The molecule has 0 radical (unpaired) electrons. The summed E-state index contributed by atoms with van der Waals surface area (Å²) in [5.74, 6) is 0.582. The van der Waals surface area contributed by atoms with Crippen LogP contribution in [0.25, 0.3) is 0 Å². The molecule has 0 saturated heterocycles. The van der Waals surface area contributed by atoms with Gasteiger partial charge in [0.05, 0.1) is 11.3 Å². The van der Waals surface area contributed by atoms with Crippen LogP contribution in [0.5, 0.6) is 0 Å². The molecule has 5 heteroatoms. The number of nitrogens with zero attached hydrogens (tertiary/aromatic N) is 3. The minimum atomic E-state index is -0.0556. The van der Waals surface area contributed by atoms with E-state index in [0.717, 1.165) is 41.9 Å². The Balaban J connectivity index is 1.36. The van der Waals surface area contributed by atoms with E-state index >= 15 is 0 Å². The largest absolute Gasteiger partial charge is 0.280 e. The smallest absolute Gasteiger partial charge is 0.241 e. The number of fused-ring (bicyclic) bond motifs is 1. The van der Waals surface area contributed by atoms with Crippen LogP contribution < -0.4 is 4.90 Å². The van der Waals surface area contributed by atoms with Crippen molar-refractivity contribution in [2.75, 3.05) is 10.7 Å². The molecule has 4 nitrogen and oxygen atoms in total. The highest BCUT2D eigenvalue weighted by Crippen LogP contribution is 2.35. The fourth-order valence-corrected chi connectivity index (χ4v) is 5.46. The predicted octanol–water partition coefficient (Wildman–Crippen LogP) is 6.68. The van der Waals surface area contributed by atoms with Gasteiger partial charge in [0.1, 0.15) is 11.1 Å². The van der Waals surface area contributed by atoms with E-state index < -0.39 is 0 Å². The first-order valence-corrected chi connectivity index (χ1v) is 12.7. The van der Waals surface area contributed by atoms with Crippen LogP contribution in [0.1, 0.15) is 34.7 Å². The topological polar surface area (TPSA) is 57.0 Å². The fourth-order valence-electron chi connectivity index (χ4n) is 4.63. The number of rotatable bonds is 6. The summed E-state index contributed by atoms with van der Waals surface area (Å²) in [6.45, 7) is 0. The predicted molar refractivity (Wildman–Crippen MR) is 141 cm³/mol. The van der Waals surface area contributed by atoms with Crippen LogP contribution >= 0.6 is 11.8 Å². The quantitative estimate of drug-likeness (QED) is 0.292. The summed E-state index contributed by atoms with van der Waals surface area (Å²) >= 11 is 1.34. The van der Waals surface area contributed by atoms with Gasteiger partial charge in [-0.3, -0.25) is 9.69 Å². The maximum absolute atomic E-state index is 13.4. The van der Waals surface area contributed by atoms with Gasteiger partial charge in [0.25, 0.3) is 0 Å². The Labute approximate surface area is 210 Å². The average Bonchev–Trinajstić information content (AvgIpc) is 2.93. The van der Waals surface area contributed by atoms with Crippen LogP contribution in [-0.2, 0) is 17.6 Å². The number of anilines is 2. The third kappa shape index (κ3) is 5.13. The highest BCUT2D eigenvalue weighted by Gasteiger charge is 2.24. The Hall–Kier alpha value is -3.88. The molecule has 35 heavy (non-hydrogen) atoms. The highest BCUT2D eigenvalue weighted by atomic mass is 32.2. The van der Waals surface area contributed by atoms with Gasteiger partial charge in [-0.15, -0.1) is 0 Å². The molecule has 0 aliphatic heterocycles. The summed E-state index contributed by atoms with van der Waals surface area (Å²) < 4.78 is 0. The van der Waals surface area contributed by atoms with Crippen molar-refractivity contribution in [2.24, 2.45) is 0 Å². The number of carbonyl (C=O) groups is 1. The van der Waals surface area contributed by atoms with Gasteiger partial charge in [-0.1, -0.05) is 78.5 Å². The molecule has 1 aliphatic rings. The van der Waals surface area contributed by atoms with E-state index in [4.69, 9.17) is 4.98 Å². The summed E-state index contributed by atoms with van der Waals surface area (Å²) in [5.41, 5.74) is 5.70. The van der Waals surface area contributed by atoms with E-state index in [0.29, 0.717) is 16.5 Å². The molecule has 0 bridgehead atoms. The third-order valence-electron chi connectivity index (χ3n) is 6.35. The summed E-state index contributed by atoms with van der Waals surface area (Å²) in [5, 5.41) is 10.5. The lowest BCUT2D eigenvalue weighted by atomic mass is 9.82. The van der Waals surface area contributed by atoms with Crippen molar-refractivity contribution < 1.29 is 4.79 Å². The lowest BCUT2D eigenvalue weighted by Crippen LogP contribution is -2.27. The van der Waals surface area contributed by atoms with Gasteiger partial charge in [0.2, 0.25) is 5.91 Å². The summed E-state index contributed by atoms with van der Waals surface area (Å²) in [6, 6.07) is 34.1. The number of pyridine rings is 1. The van der Waals surface area contributed by atoms with Crippen molar-refractivity contribution in [2.45, 2.75) is 30.2 Å². The Bertz CT molecular complexity index is 1310. The van der Waals surface area contributed by atoms with Crippen molar-refractivity contribution in [1.82, 2.24) is 4.98 Å². The van der Waals surface area contributed by atoms with Gasteiger partial charge < -0.3 is 0 Å². The first-order valence-electron chi connectivity index (χ1n) is 11.8. The second-order valence-corrected chi connectivity index (χ2v) is 9.56. The number of nitriles is 1. The molecule has 1 heterocycles. The lowest BCUT2D eigenvalue weighted by Gasteiger charge is -2.25. The molecular weight excluding hydrogens is 450 g/mol. The minimum Gasteiger partial charge on any atom is -0.280 e. The zero-order valence-corrected chi connectivity index (χ0v) is 20.1. The number of aromatic nitrogens is 1. The molecule has 0 fully saturated rings. The second-order valence-electron chi connectivity index (χ2n) is 8.60. The van der Waals surface area contributed by atoms with Crippen LogP contribution in [0.2, 0.25) is 0 Å². The minimum absolute atomic E-state index is 0.0556. The zero-order chi connectivity index (χ0) is 24.0. The average molecular weight is 476 g/mol. The van der Waals surface area contributed by atoms with Crippen molar-refractivity contribution in [3.8, 4) is 6.07 Å². The van der Waals surface area contributed by atoms with Crippen molar-refractivity contribution in [3.63, 3.8) is 0 Å². The number of thioether (sulfide) groups is 1. The third-order valence-corrected chi connectivity index (χ3v) is 7.33. The molecule has 3 aromatic carbocycles. The maximum atomic E-state index is 13.4. The molecule has 1 unspecified atom stereocenters. The van der Waals surface area contributed by atoms with Gasteiger partial charge >= 0.3 is 0 Å². The number of amides is 1. The Morgan fingerprint density at radius 3 is 2.14 bits per heavy atom. The van der Waals surface area contributed by atoms with E-state index in [9.17, 15) is 10.1 Å². The Kier molecular flexibility index (Phi) is 6.92. The van der Waals surface area contributed by atoms with Gasteiger partial charge in [0, 0.05) is 17.1 Å². The first kappa shape index (κ1) is 22.9. The SMILES string of the molecule is N#Cc1cc2c(nc1SCC(=O)N(c1ccccc1)c1ccccc1)CCC(c1ccccc1)C2. The molecule has 0 N–H and O–H groups in total. The van der Waals surface area contributed by atoms with Gasteiger partial charge in [-0.25, -0.2) is 4.98 Å².